The third kappa shape index (κ3) is 9.24. The van der Waals surface area contributed by atoms with E-state index >= 15 is 0 Å². The Bertz CT molecular complexity index is 1610. The number of allylic oxidation sites excluding steroid dienone is 17. The molecule has 2 aromatic carbocycles. The van der Waals surface area contributed by atoms with Crippen LogP contribution in [0.5, 0.6) is 0 Å². The molecule has 0 atom stereocenters. The van der Waals surface area contributed by atoms with Crippen molar-refractivity contribution in [1.82, 2.24) is 4.98 Å². The molecule has 1 aromatic heterocycles. The minimum atomic E-state index is 0.782. The van der Waals surface area contributed by atoms with E-state index in [4.69, 9.17) is 4.98 Å². The first-order valence-corrected chi connectivity index (χ1v) is 14.7. The van der Waals surface area contributed by atoms with Crippen molar-refractivity contribution < 1.29 is 0 Å². The maximum atomic E-state index is 4.84. The quantitative estimate of drug-likeness (QED) is 0.189. The van der Waals surface area contributed by atoms with E-state index < -0.39 is 0 Å². The van der Waals surface area contributed by atoms with Gasteiger partial charge in [-0.05, 0) is 90.3 Å². The minimum absolute atomic E-state index is 0.782. The topological polar surface area (TPSA) is 12.9 Å². The predicted octanol–water partition coefficient (Wildman–Crippen LogP) is 11.8. The first kappa shape index (κ1) is 32.5. The number of pyridine rings is 1. The maximum Gasteiger partial charge on any atom is 0.0659 e. The average molecular weight is 562 g/mol. The number of benzene rings is 2. The summed E-state index contributed by atoms with van der Waals surface area (Å²) < 4.78 is 0. The summed E-state index contributed by atoms with van der Waals surface area (Å²) in [6.07, 6.45) is 22.8. The molecule has 0 fully saturated rings. The van der Waals surface area contributed by atoms with Gasteiger partial charge in [-0.25, -0.2) is 0 Å². The molecule has 1 heterocycles. The summed E-state index contributed by atoms with van der Waals surface area (Å²) >= 11 is 0. The zero-order chi connectivity index (χ0) is 31.0. The Morgan fingerprint density at radius 1 is 0.721 bits per heavy atom. The Morgan fingerprint density at radius 2 is 1.35 bits per heavy atom. The number of hydrogen-bond donors (Lipinski definition) is 0. The number of rotatable bonds is 13. The zero-order valence-electron chi connectivity index (χ0n) is 26.1. The Balaban J connectivity index is 2.24. The van der Waals surface area contributed by atoms with E-state index in [1.165, 1.54) is 16.7 Å². The highest BCUT2D eigenvalue weighted by Crippen LogP contribution is 2.41. The number of nitrogens with zero attached hydrogens (tertiary/aromatic N) is 1. The second kappa shape index (κ2) is 17.1. The molecule has 0 radical (unpaired) electrons. The van der Waals surface area contributed by atoms with E-state index in [2.05, 4.69) is 151 Å². The van der Waals surface area contributed by atoms with Crippen molar-refractivity contribution in [3.63, 3.8) is 0 Å². The van der Waals surface area contributed by atoms with Gasteiger partial charge in [0.1, 0.15) is 0 Å². The molecule has 0 spiro atoms. The summed E-state index contributed by atoms with van der Waals surface area (Å²) in [6, 6.07) is 25.6. The summed E-state index contributed by atoms with van der Waals surface area (Å²) in [5, 5.41) is 0. The fourth-order valence-electron chi connectivity index (χ4n) is 4.84. The number of aromatic nitrogens is 1. The Labute approximate surface area is 259 Å². The minimum Gasteiger partial charge on any atom is -0.256 e. The van der Waals surface area contributed by atoms with E-state index in [0.29, 0.717) is 0 Å². The van der Waals surface area contributed by atoms with Gasteiger partial charge in [-0.3, -0.25) is 4.98 Å². The molecule has 43 heavy (non-hydrogen) atoms. The highest BCUT2D eigenvalue weighted by molar-refractivity contribution is 6.16. The van der Waals surface area contributed by atoms with Crippen LogP contribution in [-0.2, 0) is 0 Å². The van der Waals surface area contributed by atoms with Crippen molar-refractivity contribution in [1.29, 1.82) is 0 Å². The van der Waals surface area contributed by atoms with Crippen LogP contribution >= 0.6 is 0 Å². The second-order valence-electron chi connectivity index (χ2n) is 10.2. The lowest BCUT2D eigenvalue weighted by Crippen LogP contribution is -2.00. The third-order valence-electron chi connectivity index (χ3n) is 7.21. The average Bonchev–Trinajstić information content (AvgIpc) is 3.04. The van der Waals surface area contributed by atoms with Crippen LogP contribution in [0.25, 0.3) is 22.3 Å². The summed E-state index contributed by atoms with van der Waals surface area (Å²) in [4.78, 5) is 4.84. The molecule has 0 saturated heterocycles. The molecule has 0 aliphatic rings. The van der Waals surface area contributed by atoms with E-state index in [1.54, 1.807) is 12.2 Å². The Morgan fingerprint density at radius 3 is 1.91 bits per heavy atom. The van der Waals surface area contributed by atoms with Gasteiger partial charge >= 0.3 is 0 Å². The van der Waals surface area contributed by atoms with Gasteiger partial charge in [0.25, 0.3) is 0 Å². The van der Waals surface area contributed by atoms with Gasteiger partial charge in [0.2, 0.25) is 0 Å². The summed E-state index contributed by atoms with van der Waals surface area (Å²) in [7, 11) is 0. The molecule has 0 aliphatic carbocycles. The van der Waals surface area contributed by atoms with Crippen molar-refractivity contribution in [3.8, 4) is 0 Å². The van der Waals surface area contributed by atoms with Crippen molar-refractivity contribution in [2.45, 2.75) is 34.1 Å². The van der Waals surface area contributed by atoms with E-state index in [9.17, 15) is 0 Å². The highest BCUT2D eigenvalue weighted by atomic mass is 14.7. The van der Waals surface area contributed by atoms with Crippen LogP contribution in [0.15, 0.2) is 176 Å². The van der Waals surface area contributed by atoms with Crippen molar-refractivity contribution in [3.05, 3.63) is 199 Å². The lowest BCUT2D eigenvalue weighted by molar-refractivity contribution is 1.25. The first-order valence-electron chi connectivity index (χ1n) is 14.7. The van der Waals surface area contributed by atoms with Gasteiger partial charge in [0, 0.05) is 6.20 Å². The maximum absolute atomic E-state index is 4.84. The monoisotopic (exact) mass is 561 g/mol. The molecule has 216 valence electrons. The molecule has 1 heteroatoms. The fraction of sp³-hybridized carbons (Fsp3) is 0.119. The van der Waals surface area contributed by atoms with Gasteiger partial charge in [-0.1, -0.05) is 153 Å². The highest BCUT2D eigenvalue weighted by Gasteiger charge is 2.19. The molecule has 3 aromatic rings. The molecular weight excluding hydrogens is 518 g/mol. The molecule has 0 N–H and O–H groups in total. The van der Waals surface area contributed by atoms with Crippen molar-refractivity contribution >= 4 is 22.3 Å². The van der Waals surface area contributed by atoms with E-state index in [1.807, 2.05) is 24.4 Å². The van der Waals surface area contributed by atoms with Crippen LogP contribution in [0.1, 0.15) is 56.5 Å². The molecule has 0 saturated carbocycles. The predicted molar refractivity (Wildman–Crippen MR) is 191 cm³/mol. The van der Waals surface area contributed by atoms with Gasteiger partial charge in [0.15, 0.2) is 0 Å². The summed E-state index contributed by atoms with van der Waals surface area (Å²) in [5.41, 5.74) is 12.4. The van der Waals surface area contributed by atoms with Gasteiger partial charge in [-0.15, -0.1) is 0 Å². The lowest BCUT2D eigenvalue weighted by Gasteiger charge is -2.21. The first-order chi connectivity index (χ1) is 20.9. The summed E-state index contributed by atoms with van der Waals surface area (Å²) in [6.45, 7) is 20.3. The molecule has 0 aliphatic heterocycles. The zero-order valence-corrected chi connectivity index (χ0v) is 26.1. The molecule has 0 unspecified atom stereocenters. The SMILES string of the molecule is C=C/C=C\C=C(/C)c1ccc(/C(C)=C(/C(=C(C)/C(/C=C\C(=C)C/C=C\C=C)=C/C)c2ccccc2)c2ccccc2)cn1. The molecule has 0 bridgehead atoms. The normalized spacial score (nSPS) is 13.8. The molecular formula is C42H43N. The lowest BCUT2D eigenvalue weighted by atomic mass is 9.82. The summed E-state index contributed by atoms with van der Waals surface area (Å²) in [5.74, 6) is 0. The van der Waals surface area contributed by atoms with Crippen LogP contribution in [0.3, 0.4) is 0 Å². The van der Waals surface area contributed by atoms with Gasteiger partial charge in [0.05, 0.1) is 5.69 Å². The third-order valence-corrected chi connectivity index (χ3v) is 7.21. The van der Waals surface area contributed by atoms with E-state index in [0.717, 1.165) is 51.1 Å². The van der Waals surface area contributed by atoms with E-state index in [-0.39, 0.29) is 0 Å². The standard InChI is InChI=1S/C42H43N/c1-8-11-15-21-32(4)27-28-36(10-3)34(6)41(37-23-17-13-18-24-37)42(38-25-19-14-20-26-38)35(7)39-29-30-40(43-31-39)33(5)22-16-12-9-2/h8-20,22-31H,1-2,4,21H2,3,5-7H3/b15-11-,16-12-,28-27-,33-22+,36-10+,41-34+,42-35+. The smallest absolute Gasteiger partial charge is 0.0659 e. The fourth-order valence-corrected chi connectivity index (χ4v) is 4.84. The van der Waals surface area contributed by atoms with Gasteiger partial charge < -0.3 is 0 Å². The van der Waals surface area contributed by atoms with Crippen LogP contribution in [-0.4, -0.2) is 4.98 Å². The Hall–Kier alpha value is -5.01. The molecule has 3 rings (SSSR count). The second-order valence-corrected chi connectivity index (χ2v) is 10.2. The Kier molecular flexibility index (Phi) is 12.9. The van der Waals surface area contributed by atoms with Crippen molar-refractivity contribution in [2.75, 3.05) is 0 Å². The van der Waals surface area contributed by atoms with Crippen LogP contribution in [0, 0.1) is 0 Å². The van der Waals surface area contributed by atoms with Crippen molar-refractivity contribution in [2.24, 2.45) is 0 Å². The van der Waals surface area contributed by atoms with Crippen LogP contribution in [0.2, 0.25) is 0 Å². The van der Waals surface area contributed by atoms with Gasteiger partial charge in [-0.2, -0.15) is 0 Å². The van der Waals surface area contributed by atoms with Crippen LogP contribution in [0.4, 0.5) is 0 Å². The molecule has 0 amide bonds. The largest absolute Gasteiger partial charge is 0.256 e. The molecule has 1 nitrogen and oxygen atoms in total. The van der Waals surface area contributed by atoms with Crippen LogP contribution < -0.4 is 0 Å². The number of hydrogen-bond acceptors (Lipinski definition) is 1.